The number of thioether (sulfide) groups is 1. The van der Waals surface area contributed by atoms with E-state index >= 15 is 0 Å². The molecule has 1 aromatic carbocycles. The molecule has 0 radical (unpaired) electrons. The molecule has 0 spiro atoms. The quantitative estimate of drug-likeness (QED) is 0.587. The van der Waals surface area contributed by atoms with Gasteiger partial charge in [-0.1, -0.05) is 0 Å². The highest BCUT2D eigenvalue weighted by atomic mass is 32.2. The molecule has 1 amide bonds. The summed E-state index contributed by atoms with van der Waals surface area (Å²) < 4.78 is 0. The Labute approximate surface area is 118 Å². The highest BCUT2D eigenvalue weighted by molar-refractivity contribution is 7.99. The van der Waals surface area contributed by atoms with E-state index in [1.54, 1.807) is 0 Å². The molecular formula is C12H11N2O5S-. The molecule has 106 valence electrons. The topological polar surface area (TPSA) is 104 Å². The molecule has 7 nitrogen and oxygen atoms in total. The number of nitro benzene ring substituents is 1. The fraction of sp³-hybridized carbons (Fsp3) is 0.333. The van der Waals surface area contributed by atoms with E-state index in [1.807, 2.05) is 0 Å². The molecule has 1 aliphatic rings. The second-order valence-corrected chi connectivity index (χ2v) is 5.41. The first-order valence-corrected chi connectivity index (χ1v) is 6.82. The molecule has 0 N–H and O–H groups in total. The van der Waals surface area contributed by atoms with Crippen LogP contribution in [0.1, 0.15) is 17.9 Å². The zero-order chi connectivity index (χ0) is 14.9. The molecule has 2 rings (SSSR count). The third-order valence-electron chi connectivity index (χ3n) is 3.03. The van der Waals surface area contributed by atoms with Crippen molar-refractivity contribution in [3.05, 3.63) is 39.9 Å². The Kier molecular flexibility index (Phi) is 3.93. The van der Waals surface area contributed by atoms with Crippen LogP contribution in [-0.2, 0) is 9.59 Å². The number of aliphatic carboxylic acids is 1. The highest BCUT2D eigenvalue weighted by Crippen LogP contribution is 2.41. The third-order valence-corrected chi connectivity index (χ3v) is 4.35. The normalized spacial score (nSPS) is 21.8. The zero-order valence-corrected chi connectivity index (χ0v) is 11.3. The van der Waals surface area contributed by atoms with Gasteiger partial charge in [0.1, 0.15) is 5.37 Å². The van der Waals surface area contributed by atoms with Crippen molar-refractivity contribution in [2.24, 2.45) is 0 Å². The molecule has 20 heavy (non-hydrogen) atoms. The molecule has 1 fully saturated rings. The first-order chi connectivity index (χ1) is 9.41. The summed E-state index contributed by atoms with van der Waals surface area (Å²) in [6.45, 7) is 1.29. The number of amides is 1. The molecule has 0 saturated carbocycles. The van der Waals surface area contributed by atoms with E-state index < -0.39 is 22.3 Å². The lowest BCUT2D eigenvalue weighted by Gasteiger charge is -2.28. The van der Waals surface area contributed by atoms with Gasteiger partial charge >= 0.3 is 0 Å². The van der Waals surface area contributed by atoms with E-state index in [0.29, 0.717) is 5.56 Å². The summed E-state index contributed by atoms with van der Waals surface area (Å²) in [6, 6.07) is 4.76. The molecule has 1 saturated heterocycles. The molecule has 8 heteroatoms. The maximum atomic E-state index is 11.6. The number of hydrogen-bond donors (Lipinski definition) is 0. The molecule has 0 aliphatic carbocycles. The lowest BCUT2D eigenvalue weighted by Crippen LogP contribution is -2.48. The van der Waals surface area contributed by atoms with E-state index in [0.717, 1.165) is 0 Å². The standard InChI is InChI=1S/C12H12N2O5S/c1-7(15)13-10(12(16)17)6-20-11(13)8-2-4-9(5-3-8)14(18)19/h2-5,10-11H,6H2,1H3,(H,16,17)/p-1/t10-,11-/m0/s1. The van der Waals surface area contributed by atoms with Crippen LogP contribution in [0.25, 0.3) is 0 Å². The summed E-state index contributed by atoms with van der Waals surface area (Å²) in [4.78, 5) is 34.0. The van der Waals surface area contributed by atoms with Crippen molar-refractivity contribution < 1.29 is 19.6 Å². The minimum atomic E-state index is -1.29. The van der Waals surface area contributed by atoms with Crippen LogP contribution >= 0.6 is 11.8 Å². The zero-order valence-electron chi connectivity index (χ0n) is 10.5. The van der Waals surface area contributed by atoms with E-state index in [4.69, 9.17) is 0 Å². The summed E-state index contributed by atoms with van der Waals surface area (Å²) in [7, 11) is 0. The number of hydrogen-bond acceptors (Lipinski definition) is 6. The molecule has 1 aliphatic heterocycles. The van der Waals surface area contributed by atoms with E-state index in [2.05, 4.69) is 0 Å². The smallest absolute Gasteiger partial charge is 0.269 e. The number of nitro groups is 1. The molecule has 0 unspecified atom stereocenters. The van der Waals surface area contributed by atoms with Gasteiger partial charge < -0.3 is 14.8 Å². The van der Waals surface area contributed by atoms with Gasteiger partial charge in [-0.2, -0.15) is 0 Å². The average Bonchev–Trinajstić information content (AvgIpc) is 2.83. The molecule has 0 aromatic heterocycles. The second kappa shape index (κ2) is 5.49. The van der Waals surface area contributed by atoms with Gasteiger partial charge in [-0.25, -0.2) is 0 Å². The van der Waals surface area contributed by atoms with Crippen LogP contribution in [0, 0.1) is 10.1 Å². The van der Waals surface area contributed by atoms with Crippen molar-refractivity contribution in [2.75, 3.05) is 5.75 Å². The Balaban J connectivity index is 2.29. The van der Waals surface area contributed by atoms with Crippen molar-refractivity contribution in [1.82, 2.24) is 4.90 Å². The Morgan fingerprint density at radius 1 is 1.35 bits per heavy atom. The summed E-state index contributed by atoms with van der Waals surface area (Å²) in [5.41, 5.74) is 0.599. The van der Waals surface area contributed by atoms with Gasteiger partial charge in [-0.05, 0) is 17.7 Å². The summed E-state index contributed by atoms with van der Waals surface area (Å²) in [6.07, 6.45) is 0. The molecule has 2 atom stereocenters. The monoisotopic (exact) mass is 295 g/mol. The fourth-order valence-electron chi connectivity index (χ4n) is 2.09. The fourth-order valence-corrected chi connectivity index (χ4v) is 3.56. The summed E-state index contributed by atoms with van der Waals surface area (Å²) >= 11 is 1.30. The Bertz CT molecular complexity index is 559. The van der Waals surface area contributed by atoms with Gasteiger partial charge in [0.05, 0.1) is 16.9 Å². The van der Waals surface area contributed by atoms with Crippen LogP contribution in [0.5, 0.6) is 0 Å². The predicted molar refractivity (Wildman–Crippen MR) is 69.6 cm³/mol. The Morgan fingerprint density at radius 2 is 1.95 bits per heavy atom. The van der Waals surface area contributed by atoms with Crippen molar-refractivity contribution in [1.29, 1.82) is 0 Å². The first kappa shape index (κ1) is 14.3. The van der Waals surface area contributed by atoms with Crippen LogP contribution in [0.2, 0.25) is 0 Å². The maximum absolute atomic E-state index is 11.6. The number of carboxylic acid groups (broad SMARTS) is 1. The predicted octanol–water partition coefficient (Wildman–Crippen LogP) is 0.307. The van der Waals surface area contributed by atoms with Gasteiger partial charge in [-0.15, -0.1) is 11.8 Å². The molecule has 1 aromatic rings. The number of rotatable bonds is 3. The maximum Gasteiger partial charge on any atom is 0.269 e. The van der Waals surface area contributed by atoms with Crippen molar-refractivity contribution in [3.63, 3.8) is 0 Å². The van der Waals surface area contributed by atoms with E-state index in [1.165, 1.54) is 47.9 Å². The summed E-state index contributed by atoms with van der Waals surface area (Å²) in [5, 5.41) is 21.2. The Hall–Kier alpha value is -2.09. The van der Waals surface area contributed by atoms with Crippen LogP contribution in [0.4, 0.5) is 5.69 Å². The number of carbonyl (C=O) groups is 2. The lowest BCUT2D eigenvalue weighted by atomic mass is 10.1. The largest absolute Gasteiger partial charge is 0.548 e. The van der Waals surface area contributed by atoms with Crippen LogP contribution in [-0.4, -0.2) is 33.5 Å². The summed E-state index contributed by atoms with van der Waals surface area (Å²) in [5.74, 6) is -1.42. The van der Waals surface area contributed by atoms with Gasteiger partial charge in [0.15, 0.2) is 0 Å². The van der Waals surface area contributed by atoms with Gasteiger partial charge in [0, 0.05) is 24.8 Å². The van der Waals surface area contributed by atoms with Gasteiger partial charge in [-0.3, -0.25) is 14.9 Å². The Morgan fingerprint density at radius 3 is 2.40 bits per heavy atom. The van der Waals surface area contributed by atoms with Crippen molar-refractivity contribution in [2.45, 2.75) is 18.3 Å². The van der Waals surface area contributed by atoms with Crippen LogP contribution in [0.15, 0.2) is 24.3 Å². The number of carbonyl (C=O) groups excluding carboxylic acids is 2. The first-order valence-electron chi connectivity index (χ1n) is 5.77. The number of nitrogens with zero attached hydrogens (tertiary/aromatic N) is 2. The van der Waals surface area contributed by atoms with Gasteiger partial charge in [0.25, 0.3) is 5.69 Å². The SMILES string of the molecule is CC(=O)N1[C@H](C(=O)[O-])CS[C@H]1c1ccc([N+](=O)[O-])cc1. The lowest BCUT2D eigenvalue weighted by molar-refractivity contribution is -0.384. The molecule has 1 heterocycles. The number of benzene rings is 1. The van der Waals surface area contributed by atoms with E-state index in [-0.39, 0.29) is 17.3 Å². The van der Waals surface area contributed by atoms with Crippen LogP contribution < -0.4 is 5.11 Å². The minimum Gasteiger partial charge on any atom is -0.548 e. The van der Waals surface area contributed by atoms with Crippen LogP contribution in [0.3, 0.4) is 0 Å². The third kappa shape index (κ3) is 2.60. The van der Waals surface area contributed by atoms with Crippen molar-refractivity contribution in [3.8, 4) is 0 Å². The average molecular weight is 295 g/mol. The van der Waals surface area contributed by atoms with E-state index in [9.17, 15) is 24.8 Å². The van der Waals surface area contributed by atoms with Gasteiger partial charge in [0.2, 0.25) is 5.91 Å². The minimum absolute atomic E-state index is 0.0532. The second-order valence-electron chi connectivity index (χ2n) is 4.30. The number of non-ortho nitro benzene ring substituents is 1. The highest BCUT2D eigenvalue weighted by Gasteiger charge is 2.37. The number of carboxylic acids is 1. The molecule has 0 bridgehead atoms. The molecular weight excluding hydrogens is 284 g/mol. The van der Waals surface area contributed by atoms with Crippen molar-refractivity contribution >= 4 is 29.3 Å².